The molecule has 1 aromatic heterocycles. The van der Waals surface area contributed by atoms with Crippen LogP contribution in [0.25, 0.3) is 11.5 Å². The normalized spacial score (nSPS) is 14.6. The maximum atomic E-state index is 11.9. The van der Waals surface area contributed by atoms with E-state index in [-0.39, 0.29) is 17.6 Å². The van der Waals surface area contributed by atoms with Crippen LogP contribution in [0.2, 0.25) is 0 Å². The summed E-state index contributed by atoms with van der Waals surface area (Å²) in [7, 11) is 0. The first-order valence-electron chi connectivity index (χ1n) is 6.69. The average Bonchev–Trinajstić information content (AvgIpc) is 3.14. The quantitative estimate of drug-likeness (QED) is 0.757. The molecule has 8 heteroatoms. The molecule has 0 atom stereocenters. The summed E-state index contributed by atoms with van der Waals surface area (Å²) >= 11 is 4.50. The smallest absolute Gasteiger partial charge is 0.277 e. The predicted molar refractivity (Wildman–Crippen MR) is 84.1 cm³/mol. The lowest BCUT2D eigenvalue weighted by Crippen LogP contribution is -2.33. The molecule has 0 saturated carbocycles. The van der Waals surface area contributed by atoms with Crippen molar-refractivity contribution < 1.29 is 14.0 Å². The van der Waals surface area contributed by atoms with E-state index in [0.29, 0.717) is 24.1 Å². The first-order chi connectivity index (χ1) is 10.6. The minimum atomic E-state index is -0.212. The van der Waals surface area contributed by atoms with E-state index in [1.54, 1.807) is 0 Å². The second-order valence-electron chi connectivity index (χ2n) is 4.71. The first kappa shape index (κ1) is 15.2. The second-order valence-corrected chi connectivity index (χ2v) is 6.55. The highest BCUT2D eigenvalue weighted by molar-refractivity contribution is 9.10. The first-order valence-corrected chi connectivity index (χ1v) is 8.47. The highest BCUT2D eigenvalue weighted by Gasteiger charge is 2.26. The molecule has 2 aromatic rings. The Morgan fingerprint density at radius 3 is 2.77 bits per heavy atom. The van der Waals surface area contributed by atoms with Crippen molar-refractivity contribution in [3.05, 3.63) is 28.7 Å². The van der Waals surface area contributed by atoms with Gasteiger partial charge in [-0.1, -0.05) is 27.7 Å². The van der Waals surface area contributed by atoms with Gasteiger partial charge in [-0.05, 0) is 30.7 Å². The van der Waals surface area contributed by atoms with E-state index in [0.717, 1.165) is 28.2 Å². The van der Waals surface area contributed by atoms with Gasteiger partial charge in [0.05, 0.1) is 5.75 Å². The van der Waals surface area contributed by atoms with Gasteiger partial charge < -0.3 is 4.42 Å². The van der Waals surface area contributed by atoms with E-state index >= 15 is 0 Å². The van der Waals surface area contributed by atoms with Crippen LogP contribution in [0, 0.1) is 0 Å². The number of hydrogen-bond donors (Lipinski definition) is 0. The maximum absolute atomic E-state index is 11.9. The van der Waals surface area contributed by atoms with E-state index < -0.39 is 0 Å². The van der Waals surface area contributed by atoms with Gasteiger partial charge in [-0.15, -0.1) is 10.2 Å². The Balaban J connectivity index is 1.61. The highest BCUT2D eigenvalue weighted by Crippen LogP contribution is 2.25. The van der Waals surface area contributed by atoms with E-state index in [1.165, 1.54) is 4.90 Å². The van der Waals surface area contributed by atoms with Gasteiger partial charge in [0, 0.05) is 23.0 Å². The minimum absolute atomic E-state index is 0.105. The third-order valence-corrected chi connectivity index (χ3v) is 4.52. The molecule has 0 spiro atoms. The van der Waals surface area contributed by atoms with Gasteiger partial charge in [-0.2, -0.15) is 0 Å². The molecule has 6 nitrogen and oxygen atoms in total. The van der Waals surface area contributed by atoms with E-state index in [2.05, 4.69) is 26.1 Å². The number of thioether (sulfide) groups is 1. The lowest BCUT2D eigenvalue weighted by Gasteiger charge is -2.11. The predicted octanol–water partition coefficient (Wildman–Crippen LogP) is 2.74. The maximum Gasteiger partial charge on any atom is 0.277 e. The molecule has 22 heavy (non-hydrogen) atoms. The zero-order valence-electron chi connectivity index (χ0n) is 11.5. The Labute approximate surface area is 139 Å². The van der Waals surface area contributed by atoms with Crippen LogP contribution in [0.5, 0.6) is 0 Å². The summed E-state index contributed by atoms with van der Waals surface area (Å²) in [4.78, 5) is 24.7. The number of nitrogens with zero attached hydrogens (tertiary/aromatic N) is 3. The van der Waals surface area contributed by atoms with Crippen LogP contribution >= 0.6 is 27.7 Å². The molecule has 1 fully saturated rings. The molecule has 1 aliphatic heterocycles. The molecule has 0 unspecified atom stereocenters. The Bertz CT molecular complexity index is 702. The van der Waals surface area contributed by atoms with Crippen LogP contribution in [-0.2, 0) is 9.59 Å². The minimum Gasteiger partial charge on any atom is -0.411 e. The SMILES string of the molecule is O=C1CCCN1C(=O)CSc1nnc(-c2ccc(Br)cc2)o1. The molecule has 1 aliphatic rings. The molecular weight excluding hydrogens is 370 g/mol. The van der Waals surface area contributed by atoms with E-state index in [9.17, 15) is 9.59 Å². The summed E-state index contributed by atoms with van der Waals surface area (Å²) in [5, 5.41) is 8.19. The molecule has 2 heterocycles. The van der Waals surface area contributed by atoms with Gasteiger partial charge >= 0.3 is 0 Å². The van der Waals surface area contributed by atoms with Crippen molar-refractivity contribution in [3.8, 4) is 11.5 Å². The standard InChI is InChI=1S/C14H12BrN3O3S/c15-10-5-3-9(4-6-10)13-16-17-14(21-13)22-8-12(20)18-7-1-2-11(18)19/h3-6H,1-2,7-8H2. The summed E-state index contributed by atoms with van der Waals surface area (Å²) in [5.74, 6) is 0.204. The third-order valence-electron chi connectivity index (χ3n) is 3.19. The third kappa shape index (κ3) is 3.38. The van der Waals surface area contributed by atoms with Crippen molar-refractivity contribution in [1.82, 2.24) is 15.1 Å². The van der Waals surface area contributed by atoms with Gasteiger partial charge in [0.25, 0.3) is 5.22 Å². The molecule has 2 amide bonds. The number of benzene rings is 1. The van der Waals surface area contributed by atoms with Crippen molar-refractivity contribution in [2.45, 2.75) is 18.1 Å². The summed E-state index contributed by atoms with van der Waals surface area (Å²) in [6.07, 6.45) is 1.19. The summed E-state index contributed by atoms with van der Waals surface area (Å²) in [6, 6.07) is 7.49. The Morgan fingerprint density at radius 1 is 1.32 bits per heavy atom. The zero-order valence-corrected chi connectivity index (χ0v) is 13.9. The number of aromatic nitrogens is 2. The fraction of sp³-hybridized carbons (Fsp3) is 0.286. The van der Waals surface area contributed by atoms with E-state index in [1.807, 2.05) is 24.3 Å². The molecule has 0 N–H and O–H groups in total. The number of carbonyl (C=O) groups is 2. The van der Waals surface area contributed by atoms with Crippen molar-refractivity contribution in [2.24, 2.45) is 0 Å². The van der Waals surface area contributed by atoms with Crippen LogP contribution in [-0.4, -0.2) is 39.2 Å². The number of hydrogen-bond acceptors (Lipinski definition) is 6. The summed E-state index contributed by atoms with van der Waals surface area (Å²) in [6.45, 7) is 0.506. The van der Waals surface area contributed by atoms with E-state index in [4.69, 9.17) is 4.42 Å². The monoisotopic (exact) mass is 381 g/mol. The molecule has 3 rings (SSSR count). The van der Waals surface area contributed by atoms with Crippen molar-refractivity contribution in [2.75, 3.05) is 12.3 Å². The topological polar surface area (TPSA) is 76.3 Å². The lowest BCUT2D eigenvalue weighted by atomic mass is 10.2. The molecular formula is C14H12BrN3O3S. The number of imide groups is 1. The highest BCUT2D eigenvalue weighted by atomic mass is 79.9. The van der Waals surface area contributed by atoms with Crippen LogP contribution in [0.4, 0.5) is 0 Å². The number of likely N-dealkylation sites (tertiary alicyclic amines) is 1. The lowest BCUT2D eigenvalue weighted by molar-refractivity contribution is -0.140. The molecule has 0 bridgehead atoms. The van der Waals surface area contributed by atoms with Gasteiger partial charge in [0.2, 0.25) is 17.7 Å². The summed E-state index contributed by atoms with van der Waals surface area (Å²) in [5.41, 5.74) is 0.809. The molecule has 0 radical (unpaired) electrons. The Morgan fingerprint density at radius 2 is 2.09 bits per heavy atom. The fourth-order valence-electron chi connectivity index (χ4n) is 2.09. The number of carbonyl (C=O) groups excluding carboxylic acids is 2. The van der Waals surface area contributed by atoms with Crippen LogP contribution in [0.1, 0.15) is 12.8 Å². The van der Waals surface area contributed by atoms with Crippen molar-refractivity contribution in [3.63, 3.8) is 0 Å². The van der Waals surface area contributed by atoms with Crippen LogP contribution in [0.3, 0.4) is 0 Å². The largest absolute Gasteiger partial charge is 0.411 e. The van der Waals surface area contributed by atoms with Crippen molar-refractivity contribution >= 4 is 39.5 Å². The molecule has 1 aromatic carbocycles. The zero-order chi connectivity index (χ0) is 15.5. The Hall–Kier alpha value is -1.67. The Kier molecular flexibility index (Phi) is 4.58. The molecule has 114 valence electrons. The van der Waals surface area contributed by atoms with Gasteiger partial charge in [0.1, 0.15) is 0 Å². The van der Waals surface area contributed by atoms with Gasteiger partial charge in [-0.25, -0.2) is 0 Å². The van der Waals surface area contributed by atoms with Crippen LogP contribution < -0.4 is 0 Å². The molecule has 1 saturated heterocycles. The van der Waals surface area contributed by atoms with Gasteiger partial charge in [0.15, 0.2) is 0 Å². The number of halogens is 1. The van der Waals surface area contributed by atoms with Crippen molar-refractivity contribution in [1.29, 1.82) is 0 Å². The fourth-order valence-corrected chi connectivity index (χ4v) is 2.99. The average molecular weight is 382 g/mol. The molecule has 0 aliphatic carbocycles. The number of amides is 2. The number of rotatable bonds is 4. The summed E-state index contributed by atoms with van der Waals surface area (Å²) < 4.78 is 6.48. The van der Waals surface area contributed by atoms with Crippen LogP contribution in [0.15, 0.2) is 38.4 Å². The van der Waals surface area contributed by atoms with Gasteiger partial charge in [-0.3, -0.25) is 14.5 Å². The second kappa shape index (κ2) is 6.62.